The van der Waals surface area contributed by atoms with Gasteiger partial charge < -0.3 is 10.2 Å². The van der Waals surface area contributed by atoms with Crippen molar-refractivity contribution in [1.82, 2.24) is 10.3 Å². The standard InChI is InChI=1S/C17H29N3S/c1-5-7-18-10-15-8-16(6-2)19-17(9-15)20-11-13(3)21-14(4)12-20/h8-9,13-14,18H,5-7,10-12H2,1-4H3. The lowest BCUT2D eigenvalue weighted by atomic mass is 10.1. The Morgan fingerprint density at radius 2 is 1.95 bits per heavy atom. The van der Waals surface area contributed by atoms with Crippen LogP contribution in [-0.2, 0) is 13.0 Å². The van der Waals surface area contributed by atoms with Gasteiger partial charge in [0, 0.05) is 35.8 Å². The molecule has 1 saturated heterocycles. The third-order valence-corrected chi connectivity index (χ3v) is 5.01. The van der Waals surface area contributed by atoms with Gasteiger partial charge >= 0.3 is 0 Å². The highest BCUT2D eigenvalue weighted by molar-refractivity contribution is 8.00. The predicted molar refractivity (Wildman–Crippen MR) is 94.3 cm³/mol. The van der Waals surface area contributed by atoms with Crippen LogP contribution in [0.1, 0.15) is 45.4 Å². The lowest BCUT2D eigenvalue weighted by Gasteiger charge is -2.35. The minimum absolute atomic E-state index is 0.683. The number of anilines is 1. The Morgan fingerprint density at radius 1 is 1.24 bits per heavy atom. The van der Waals surface area contributed by atoms with E-state index in [0.717, 1.165) is 32.6 Å². The number of nitrogens with zero attached hydrogens (tertiary/aromatic N) is 2. The molecule has 21 heavy (non-hydrogen) atoms. The molecular formula is C17H29N3S. The van der Waals surface area contributed by atoms with E-state index < -0.39 is 0 Å². The molecule has 1 aliphatic rings. The second-order valence-electron chi connectivity index (χ2n) is 6.02. The summed E-state index contributed by atoms with van der Waals surface area (Å²) in [6, 6.07) is 4.52. The summed E-state index contributed by atoms with van der Waals surface area (Å²) >= 11 is 2.09. The molecule has 1 N–H and O–H groups in total. The molecule has 118 valence electrons. The first-order valence-corrected chi connectivity index (χ1v) is 9.17. The van der Waals surface area contributed by atoms with Gasteiger partial charge in [-0.05, 0) is 37.1 Å². The zero-order valence-corrected chi connectivity index (χ0v) is 14.7. The molecule has 1 aromatic rings. The van der Waals surface area contributed by atoms with Crippen LogP contribution in [0.15, 0.2) is 12.1 Å². The van der Waals surface area contributed by atoms with Gasteiger partial charge in [-0.25, -0.2) is 4.98 Å². The summed E-state index contributed by atoms with van der Waals surface area (Å²) in [5, 5.41) is 4.87. The predicted octanol–water partition coefficient (Wildman–Crippen LogP) is 3.47. The highest BCUT2D eigenvalue weighted by Crippen LogP contribution is 2.28. The molecule has 0 radical (unpaired) electrons. The SMILES string of the molecule is CCCNCc1cc(CC)nc(N2CC(C)SC(C)C2)c1. The highest BCUT2D eigenvalue weighted by atomic mass is 32.2. The molecule has 2 rings (SSSR count). The lowest BCUT2D eigenvalue weighted by molar-refractivity contribution is 0.671. The molecule has 1 fully saturated rings. The smallest absolute Gasteiger partial charge is 0.129 e. The number of thioether (sulfide) groups is 1. The average molecular weight is 308 g/mol. The first-order valence-electron chi connectivity index (χ1n) is 8.23. The van der Waals surface area contributed by atoms with E-state index in [4.69, 9.17) is 4.98 Å². The number of pyridine rings is 1. The van der Waals surface area contributed by atoms with Gasteiger partial charge in [0.25, 0.3) is 0 Å². The molecule has 4 heteroatoms. The maximum atomic E-state index is 4.86. The van der Waals surface area contributed by atoms with Crippen molar-refractivity contribution in [2.45, 2.75) is 57.6 Å². The molecule has 2 heterocycles. The van der Waals surface area contributed by atoms with Crippen LogP contribution in [0.25, 0.3) is 0 Å². The molecule has 0 aliphatic carbocycles. The topological polar surface area (TPSA) is 28.2 Å². The maximum absolute atomic E-state index is 4.86. The van der Waals surface area contributed by atoms with Crippen LogP contribution in [0.5, 0.6) is 0 Å². The van der Waals surface area contributed by atoms with Gasteiger partial charge in [-0.2, -0.15) is 11.8 Å². The Morgan fingerprint density at radius 3 is 2.57 bits per heavy atom. The van der Waals surface area contributed by atoms with E-state index >= 15 is 0 Å². The summed E-state index contributed by atoms with van der Waals surface area (Å²) in [7, 11) is 0. The van der Waals surface area contributed by atoms with E-state index in [1.165, 1.54) is 23.5 Å². The first kappa shape index (κ1) is 16.6. The summed E-state index contributed by atoms with van der Waals surface area (Å²) in [6.45, 7) is 13.3. The molecule has 1 aliphatic heterocycles. The van der Waals surface area contributed by atoms with Crippen LogP contribution in [0.3, 0.4) is 0 Å². The van der Waals surface area contributed by atoms with Gasteiger partial charge in [0.2, 0.25) is 0 Å². The summed E-state index contributed by atoms with van der Waals surface area (Å²) in [6.07, 6.45) is 2.18. The van der Waals surface area contributed by atoms with Crippen LogP contribution < -0.4 is 10.2 Å². The minimum atomic E-state index is 0.683. The fourth-order valence-corrected chi connectivity index (χ4v) is 4.18. The Bertz CT molecular complexity index is 440. The molecule has 0 amide bonds. The fraction of sp³-hybridized carbons (Fsp3) is 0.706. The molecule has 2 atom stereocenters. The lowest BCUT2D eigenvalue weighted by Crippen LogP contribution is -2.41. The Kier molecular flexibility index (Phi) is 6.37. The molecular weight excluding hydrogens is 278 g/mol. The largest absolute Gasteiger partial charge is 0.354 e. The van der Waals surface area contributed by atoms with Crippen molar-refractivity contribution in [3.8, 4) is 0 Å². The number of rotatable bonds is 6. The quantitative estimate of drug-likeness (QED) is 0.815. The van der Waals surface area contributed by atoms with E-state index in [-0.39, 0.29) is 0 Å². The zero-order chi connectivity index (χ0) is 15.2. The third-order valence-electron chi connectivity index (χ3n) is 3.79. The van der Waals surface area contributed by atoms with Gasteiger partial charge in [-0.3, -0.25) is 0 Å². The summed E-state index contributed by atoms with van der Waals surface area (Å²) in [4.78, 5) is 7.33. The van der Waals surface area contributed by atoms with E-state index in [9.17, 15) is 0 Å². The number of hydrogen-bond donors (Lipinski definition) is 1. The number of aryl methyl sites for hydroxylation is 1. The summed E-state index contributed by atoms with van der Waals surface area (Å²) in [5.41, 5.74) is 2.57. The molecule has 1 aromatic heterocycles. The summed E-state index contributed by atoms with van der Waals surface area (Å²) in [5.74, 6) is 1.17. The van der Waals surface area contributed by atoms with Crippen molar-refractivity contribution in [3.05, 3.63) is 23.4 Å². The van der Waals surface area contributed by atoms with E-state index in [2.05, 4.69) is 61.8 Å². The van der Waals surface area contributed by atoms with E-state index in [0.29, 0.717) is 10.5 Å². The number of hydrogen-bond acceptors (Lipinski definition) is 4. The van der Waals surface area contributed by atoms with Crippen LogP contribution in [0.4, 0.5) is 5.82 Å². The molecule has 2 unspecified atom stereocenters. The second kappa shape index (κ2) is 8.04. The molecule has 0 aromatic carbocycles. The van der Waals surface area contributed by atoms with Crippen molar-refractivity contribution in [3.63, 3.8) is 0 Å². The minimum Gasteiger partial charge on any atom is -0.354 e. The van der Waals surface area contributed by atoms with Gasteiger partial charge in [0.1, 0.15) is 5.82 Å². The monoisotopic (exact) mass is 307 g/mol. The Labute approximate surface area is 133 Å². The van der Waals surface area contributed by atoms with E-state index in [1.54, 1.807) is 0 Å². The van der Waals surface area contributed by atoms with Gasteiger partial charge in [0.05, 0.1) is 0 Å². The second-order valence-corrected chi connectivity index (χ2v) is 7.90. The van der Waals surface area contributed by atoms with Crippen molar-refractivity contribution in [2.24, 2.45) is 0 Å². The van der Waals surface area contributed by atoms with Crippen LogP contribution in [0, 0.1) is 0 Å². The van der Waals surface area contributed by atoms with Crippen molar-refractivity contribution in [1.29, 1.82) is 0 Å². The van der Waals surface area contributed by atoms with Gasteiger partial charge in [-0.15, -0.1) is 0 Å². The Balaban J connectivity index is 2.15. The van der Waals surface area contributed by atoms with Crippen molar-refractivity contribution in [2.75, 3.05) is 24.5 Å². The fourth-order valence-electron chi connectivity index (χ4n) is 2.85. The summed E-state index contributed by atoms with van der Waals surface area (Å²) < 4.78 is 0. The normalized spacial score (nSPS) is 22.6. The highest BCUT2D eigenvalue weighted by Gasteiger charge is 2.23. The van der Waals surface area contributed by atoms with E-state index in [1.807, 2.05) is 0 Å². The van der Waals surface area contributed by atoms with Gasteiger partial charge in [-0.1, -0.05) is 27.7 Å². The molecule has 0 bridgehead atoms. The Hall–Kier alpha value is -0.740. The molecule has 3 nitrogen and oxygen atoms in total. The third kappa shape index (κ3) is 4.89. The number of aromatic nitrogens is 1. The van der Waals surface area contributed by atoms with Crippen LogP contribution >= 0.6 is 11.8 Å². The van der Waals surface area contributed by atoms with Crippen LogP contribution in [0.2, 0.25) is 0 Å². The van der Waals surface area contributed by atoms with Crippen molar-refractivity contribution < 1.29 is 0 Å². The average Bonchev–Trinajstić information content (AvgIpc) is 2.46. The van der Waals surface area contributed by atoms with Crippen LogP contribution in [-0.4, -0.2) is 35.1 Å². The van der Waals surface area contributed by atoms with Gasteiger partial charge in [0.15, 0.2) is 0 Å². The van der Waals surface area contributed by atoms with Crippen molar-refractivity contribution >= 4 is 17.6 Å². The molecule has 0 spiro atoms. The first-order chi connectivity index (χ1) is 10.1. The maximum Gasteiger partial charge on any atom is 0.129 e. The zero-order valence-electron chi connectivity index (χ0n) is 13.9. The number of nitrogens with one attached hydrogen (secondary N) is 1. The molecule has 0 saturated carbocycles.